The second-order valence-corrected chi connectivity index (χ2v) is 9.95. The van der Waals surface area contributed by atoms with E-state index in [9.17, 15) is 24.0 Å². The lowest BCUT2D eigenvalue weighted by Gasteiger charge is -2.24. The molecule has 2 aliphatic heterocycles. The molecule has 1 unspecified atom stereocenters. The van der Waals surface area contributed by atoms with E-state index in [1.165, 1.54) is 41.3 Å². The minimum atomic E-state index is -0.897. The van der Waals surface area contributed by atoms with E-state index in [-0.39, 0.29) is 30.3 Å². The van der Waals surface area contributed by atoms with Crippen molar-refractivity contribution < 1.29 is 28.6 Å². The van der Waals surface area contributed by atoms with E-state index < -0.39 is 47.0 Å². The van der Waals surface area contributed by atoms with Gasteiger partial charge in [-0.05, 0) is 24.3 Å². The summed E-state index contributed by atoms with van der Waals surface area (Å²) in [6, 6.07) is 7.10. The summed E-state index contributed by atoms with van der Waals surface area (Å²) in [4.78, 5) is 64.7. The first-order valence-corrected chi connectivity index (χ1v) is 12.5. The van der Waals surface area contributed by atoms with E-state index in [0.29, 0.717) is 5.69 Å². The first-order chi connectivity index (χ1) is 16.6. The minimum absolute atomic E-state index is 0.101. The number of nitrogens with zero attached hydrogens (tertiary/aromatic N) is 2. The van der Waals surface area contributed by atoms with E-state index in [1.807, 2.05) is 0 Å². The number of benzene rings is 1. The number of nitrogens with one attached hydrogen (secondary N) is 1. The molecule has 2 aromatic rings. The van der Waals surface area contributed by atoms with Crippen LogP contribution in [0, 0.1) is 0 Å². The number of H-pyrrole nitrogens is 1. The SMILES string of the molecule is CC(=O)OC[C@H]1O[C@@H](n2cc(C3SCC(=O)N3c3ccc(Br)cc3)c(=O)[nH]c2=O)C[C@@H]1OC(C)=O. The maximum Gasteiger partial charge on any atom is 0.330 e. The van der Waals surface area contributed by atoms with Crippen LogP contribution in [0.1, 0.15) is 37.4 Å². The number of amides is 1. The fraction of sp³-hybridized carbons (Fsp3) is 0.409. The molecule has 1 amide bonds. The Hall–Kier alpha value is -2.90. The van der Waals surface area contributed by atoms with Crippen LogP contribution in [0.2, 0.25) is 0 Å². The van der Waals surface area contributed by atoms with Crippen molar-refractivity contribution in [3.8, 4) is 0 Å². The monoisotopic (exact) mass is 567 g/mol. The van der Waals surface area contributed by atoms with E-state index in [2.05, 4.69) is 20.9 Å². The van der Waals surface area contributed by atoms with Crippen LogP contribution in [0.25, 0.3) is 0 Å². The maximum absolute atomic E-state index is 12.8. The average molecular weight is 568 g/mol. The molecule has 4 atom stereocenters. The number of ether oxygens (including phenoxy) is 3. The van der Waals surface area contributed by atoms with Crippen LogP contribution in [0.3, 0.4) is 0 Å². The van der Waals surface area contributed by atoms with Gasteiger partial charge < -0.3 is 14.2 Å². The molecule has 2 aliphatic rings. The Kier molecular flexibility index (Phi) is 7.47. The van der Waals surface area contributed by atoms with E-state index in [0.717, 1.165) is 4.47 Å². The summed E-state index contributed by atoms with van der Waals surface area (Å²) in [6.07, 6.45) is -0.985. The third kappa shape index (κ3) is 5.52. The van der Waals surface area contributed by atoms with Crippen LogP contribution in [-0.4, -0.2) is 52.0 Å². The standard InChI is InChI=1S/C22H22BrN3O8S/c1-11(27)32-9-17-16(33-12(2)28)7-19(34-17)25-8-15(20(30)24-22(25)31)21-26(18(29)10-35-21)14-5-3-13(23)4-6-14/h3-6,8,16-17,19,21H,7,9-10H2,1-2H3,(H,24,30,31)/t16-,17+,19+,21?/m0/s1. The molecule has 3 heterocycles. The third-order valence-electron chi connectivity index (χ3n) is 5.49. The Morgan fingerprint density at radius 1 is 1.17 bits per heavy atom. The fourth-order valence-electron chi connectivity index (χ4n) is 3.98. The molecule has 1 aromatic heterocycles. The van der Waals surface area contributed by atoms with Crippen molar-refractivity contribution in [3.63, 3.8) is 0 Å². The van der Waals surface area contributed by atoms with E-state index in [4.69, 9.17) is 14.2 Å². The zero-order valence-electron chi connectivity index (χ0n) is 18.8. The van der Waals surface area contributed by atoms with Crippen LogP contribution in [0.15, 0.2) is 44.5 Å². The highest BCUT2D eigenvalue weighted by molar-refractivity contribution is 9.10. The number of carbonyl (C=O) groups excluding carboxylic acids is 3. The van der Waals surface area contributed by atoms with Crippen molar-refractivity contribution in [2.45, 2.75) is 44.1 Å². The highest BCUT2D eigenvalue weighted by atomic mass is 79.9. The number of carbonyl (C=O) groups is 3. The predicted molar refractivity (Wildman–Crippen MR) is 129 cm³/mol. The predicted octanol–water partition coefficient (Wildman–Crippen LogP) is 1.86. The minimum Gasteiger partial charge on any atom is -0.463 e. The molecule has 13 heteroatoms. The summed E-state index contributed by atoms with van der Waals surface area (Å²) in [6.45, 7) is 2.31. The second kappa shape index (κ2) is 10.4. The Morgan fingerprint density at radius 3 is 2.54 bits per heavy atom. The zero-order chi connectivity index (χ0) is 25.3. The van der Waals surface area contributed by atoms with E-state index >= 15 is 0 Å². The topological polar surface area (TPSA) is 137 Å². The molecule has 0 saturated carbocycles. The molecule has 0 spiro atoms. The van der Waals surface area contributed by atoms with Crippen LogP contribution >= 0.6 is 27.7 Å². The Balaban J connectivity index is 1.66. The van der Waals surface area contributed by atoms with Gasteiger partial charge in [0, 0.05) is 36.6 Å². The molecule has 0 bridgehead atoms. The number of anilines is 1. The molecule has 11 nitrogen and oxygen atoms in total. The van der Waals surface area contributed by atoms with Crippen LogP contribution in [0.5, 0.6) is 0 Å². The van der Waals surface area contributed by atoms with Crippen LogP contribution in [0.4, 0.5) is 5.69 Å². The van der Waals surface area contributed by atoms with Crippen LogP contribution in [-0.2, 0) is 28.6 Å². The zero-order valence-corrected chi connectivity index (χ0v) is 21.2. The first kappa shape index (κ1) is 25.2. The van der Waals surface area contributed by atoms with Gasteiger partial charge in [-0.3, -0.25) is 33.6 Å². The summed E-state index contributed by atoms with van der Waals surface area (Å²) in [5, 5.41) is -0.665. The molecule has 0 aliphatic carbocycles. The lowest BCUT2D eigenvalue weighted by molar-refractivity contribution is -0.155. The average Bonchev–Trinajstić information content (AvgIpc) is 3.36. The van der Waals surface area contributed by atoms with E-state index in [1.54, 1.807) is 24.3 Å². The van der Waals surface area contributed by atoms with Gasteiger partial charge in [0.15, 0.2) is 0 Å². The van der Waals surface area contributed by atoms with Crippen molar-refractivity contribution in [1.29, 1.82) is 0 Å². The van der Waals surface area contributed by atoms with Gasteiger partial charge in [-0.1, -0.05) is 15.9 Å². The lowest BCUT2D eigenvalue weighted by Crippen LogP contribution is -2.37. The van der Waals surface area contributed by atoms with Gasteiger partial charge in [0.25, 0.3) is 5.56 Å². The number of esters is 2. The highest BCUT2D eigenvalue weighted by Gasteiger charge is 2.41. The van der Waals surface area contributed by atoms with Crippen LogP contribution < -0.4 is 16.1 Å². The van der Waals surface area contributed by atoms with Gasteiger partial charge in [0.2, 0.25) is 5.91 Å². The van der Waals surface area contributed by atoms with Crippen molar-refractivity contribution in [2.75, 3.05) is 17.3 Å². The summed E-state index contributed by atoms with van der Waals surface area (Å²) in [7, 11) is 0. The maximum atomic E-state index is 12.8. The largest absolute Gasteiger partial charge is 0.463 e. The van der Waals surface area contributed by atoms with Crippen molar-refractivity contribution in [3.05, 3.63) is 61.3 Å². The van der Waals surface area contributed by atoms with Gasteiger partial charge in [-0.25, -0.2) is 4.79 Å². The molecule has 0 radical (unpaired) electrons. The van der Waals surface area contributed by atoms with Crippen molar-refractivity contribution in [2.24, 2.45) is 0 Å². The molecule has 1 N–H and O–H groups in total. The molecule has 35 heavy (non-hydrogen) atoms. The summed E-state index contributed by atoms with van der Waals surface area (Å²) < 4.78 is 18.2. The Morgan fingerprint density at radius 2 is 1.89 bits per heavy atom. The molecular weight excluding hydrogens is 546 g/mol. The van der Waals surface area contributed by atoms with Crippen molar-refractivity contribution >= 4 is 51.2 Å². The Labute approximate surface area is 211 Å². The molecule has 2 saturated heterocycles. The number of halogens is 1. The number of aromatic nitrogens is 2. The Bertz CT molecular complexity index is 1260. The quantitative estimate of drug-likeness (QED) is 0.518. The number of thioether (sulfide) groups is 1. The summed E-state index contributed by atoms with van der Waals surface area (Å²) in [5.74, 6) is -1.09. The third-order valence-corrected chi connectivity index (χ3v) is 7.22. The fourth-order valence-corrected chi connectivity index (χ4v) is 5.42. The number of hydrogen-bond donors (Lipinski definition) is 1. The van der Waals surface area contributed by atoms with Gasteiger partial charge >= 0.3 is 17.6 Å². The molecule has 1 aromatic carbocycles. The highest BCUT2D eigenvalue weighted by Crippen LogP contribution is 2.41. The smallest absolute Gasteiger partial charge is 0.330 e. The lowest BCUT2D eigenvalue weighted by atomic mass is 10.2. The summed E-state index contributed by atoms with van der Waals surface area (Å²) in [5.41, 5.74) is -0.534. The van der Waals surface area contributed by atoms with Crippen molar-refractivity contribution in [1.82, 2.24) is 9.55 Å². The number of rotatable bonds is 6. The molecule has 2 fully saturated rings. The van der Waals surface area contributed by atoms with Gasteiger partial charge in [-0.2, -0.15) is 0 Å². The molecule has 4 rings (SSSR count). The first-order valence-electron chi connectivity index (χ1n) is 10.6. The molecular formula is C22H22BrN3O8S. The number of hydrogen-bond acceptors (Lipinski definition) is 9. The van der Waals surface area contributed by atoms with Gasteiger partial charge in [-0.15, -0.1) is 11.8 Å². The molecule has 186 valence electrons. The van der Waals surface area contributed by atoms with Gasteiger partial charge in [0.1, 0.15) is 30.4 Å². The number of aromatic amines is 1. The normalized spacial score (nSPS) is 24.0. The second-order valence-electron chi connectivity index (χ2n) is 7.97. The van der Waals surface area contributed by atoms with Gasteiger partial charge in [0.05, 0.1) is 11.3 Å². The summed E-state index contributed by atoms with van der Waals surface area (Å²) >= 11 is 4.63.